The van der Waals surface area contributed by atoms with Crippen LogP contribution in [0.5, 0.6) is 5.75 Å². The number of para-hydroxylation sites is 1. The third-order valence-corrected chi connectivity index (χ3v) is 3.77. The number of rotatable bonds is 2. The minimum absolute atomic E-state index is 0.126. The average Bonchev–Trinajstić information content (AvgIpc) is 2.93. The van der Waals surface area contributed by atoms with Gasteiger partial charge >= 0.3 is 0 Å². The van der Waals surface area contributed by atoms with Gasteiger partial charge in [-0.2, -0.15) is 0 Å². The number of ether oxygens (including phenoxy) is 1. The van der Waals surface area contributed by atoms with E-state index in [0.29, 0.717) is 5.65 Å². The van der Waals surface area contributed by atoms with Crippen LogP contribution in [-0.2, 0) is 0 Å². The minimum Gasteiger partial charge on any atom is -0.487 e. The van der Waals surface area contributed by atoms with Crippen molar-refractivity contribution in [1.29, 1.82) is 0 Å². The largest absolute Gasteiger partial charge is 0.487 e. The number of hydrogen-bond donors (Lipinski definition) is 1. The van der Waals surface area contributed by atoms with Gasteiger partial charge in [-0.25, -0.2) is 0 Å². The van der Waals surface area contributed by atoms with Gasteiger partial charge < -0.3 is 10.1 Å². The zero-order valence-corrected chi connectivity index (χ0v) is 12.4. The normalized spacial score (nSPS) is 19.5. The molecule has 3 aromatic rings. The molecule has 2 aromatic heterocycles. The molecule has 3 heterocycles. The maximum atomic E-state index is 6.05. The van der Waals surface area contributed by atoms with E-state index in [4.69, 9.17) is 4.74 Å². The lowest BCUT2D eigenvalue weighted by Crippen LogP contribution is -2.37. The van der Waals surface area contributed by atoms with E-state index in [9.17, 15) is 0 Å². The Morgan fingerprint density at radius 3 is 3.00 bits per heavy atom. The number of nitrogens with one attached hydrogen (secondary N) is 1. The molecule has 4 rings (SSSR count). The number of benzene rings is 1. The molecular weight excluding hydrogens is 280 g/mol. The molecule has 0 aliphatic carbocycles. The van der Waals surface area contributed by atoms with Crippen LogP contribution in [0.25, 0.3) is 5.65 Å². The maximum absolute atomic E-state index is 6.05. The summed E-state index contributed by atoms with van der Waals surface area (Å²) in [5.41, 5.74) is 1.53. The van der Waals surface area contributed by atoms with E-state index >= 15 is 0 Å². The quantitative estimate of drug-likeness (QED) is 0.781. The third kappa shape index (κ3) is 2.24. The van der Waals surface area contributed by atoms with Crippen LogP contribution in [0.1, 0.15) is 31.9 Å². The van der Waals surface area contributed by atoms with Gasteiger partial charge in [-0.05, 0) is 42.5 Å². The van der Waals surface area contributed by atoms with Crippen LogP contribution in [0.4, 0.5) is 5.82 Å². The second-order valence-electron chi connectivity index (χ2n) is 6.05. The molecule has 7 nitrogen and oxygen atoms in total. The molecule has 0 fully saturated rings. The summed E-state index contributed by atoms with van der Waals surface area (Å²) in [5.74, 6) is 1.65. The van der Waals surface area contributed by atoms with Gasteiger partial charge in [0.1, 0.15) is 17.2 Å². The van der Waals surface area contributed by atoms with Gasteiger partial charge in [0.25, 0.3) is 0 Å². The van der Waals surface area contributed by atoms with Crippen LogP contribution >= 0.6 is 0 Å². The molecule has 0 amide bonds. The Morgan fingerprint density at radius 1 is 1.23 bits per heavy atom. The zero-order chi connectivity index (χ0) is 15.2. The zero-order valence-electron chi connectivity index (χ0n) is 12.4. The Morgan fingerprint density at radius 2 is 2.09 bits per heavy atom. The molecule has 0 saturated heterocycles. The fourth-order valence-electron chi connectivity index (χ4n) is 2.84. The lowest BCUT2D eigenvalue weighted by molar-refractivity contribution is 0.0758. The molecule has 0 radical (unpaired) electrons. The Labute approximate surface area is 127 Å². The highest BCUT2D eigenvalue weighted by Crippen LogP contribution is 2.40. The van der Waals surface area contributed by atoms with E-state index in [1.165, 1.54) is 4.63 Å². The predicted octanol–water partition coefficient (Wildman–Crippen LogP) is 2.23. The Balaban J connectivity index is 1.69. The number of anilines is 1. The number of aromatic nitrogens is 5. The summed E-state index contributed by atoms with van der Waals surface area (Å²) in [6.45, 7) is 4.19. The topological polar surface area (TPSA) is 77.2 Å². The van der Waals surface area contributed by atoms with Crippen molar-refractivity contribution in [3.8, 4) is 5.75 Å². The van der Waals surface area contributed by atoms with Crippen LogP contribution in [0.15, 0.2) is 36.4 Å². The van der Waals surface area contributed by atoms with Crippen LogP contribution in [0, 0.1) is 0 Å². The first-order valence-electron chi connectivity index (χ1n) is 7.21. The van der Waals surface area contributed by atoms with Gasteiger partial charge in [0.05, 0.1) is 6.04 Å². The first-order valence-corrected chi connectivity index (χ1v) is 7.21. The highest BCUT2D eigenvalue weighted by Gasteiger charge is 2.33. The molecule has 0 bridgehead atoms. The average molecular weight is 296 g/mol. The second-order valence-corrected chi connectivity index (χ2v) is 6.05. The summed E-state index contributed by atoms with van der Waals surface area (Å²) in [7, 11) is 0. The molecular formula is C15H16N6O. The standard InChI is InChI=1S/C15H16N6O/c1-15(2)9-11(10-5-3-4-6-12(10)22-15)16-13-7-8-14-17-19-20-21(14)18-13/h3-8,11H,9H2,1-2H3,(H,16,18). The van der Waals surface area contributed by atoms with Crippen molar-refractivity contribution in [3.05, 3.63) is 42.0 Å². The van der Waals surface area contributed by atoms with E-state index < -0.39 is 0 Å². The van der Waals surface area contributed by atoms with E-state index in [-0.39, 0.29) is 11.6 Å². The van der Waals surface area contributed by atoms with Gasteiger partial charge in [-0.1, -0.05) is 18.2 Å². The van der Waals surface area contributed by atoms with Crippen LogP contribution < -0.4 is 10.1 Å². The lowest BCUT2D eigenvalue weighted by Gasteiger charge is -2.38. The van der Waals surface area contributed by atoms with E-state index in [2.05, 4.69) is 45.9 Å². The van der Waals surface area contributed by atoms with Gasteiger partial charge in [0.2, 0.25) is 0 Å². The molecule has 0 saturated carbocycles. The maximum Gasteiger partial charge on any atom is 0.200 e. The summed E-state index contributed by atoms with van der Waals surface area (Å²) >= 11 is 0. The van der Waals surface area contributed by atoms with E-state index in [1.807, 2.05) is 30.3 Å². The van der Waals surface area contributed by atoms with Crippen molar-refractivity contribution < 1.29 is 4.74 Å². The monoisotopic (exact) mass is 296 g/mol. The predicted molar refractivity (Wildman–Crippen MR) is 80.7 cm³/mol. The van der Waals surface area contributed by atoms with E-state index in [0.717, 1.165) is 23.6 Å². The first-order chi connectivity index (χ1) is 10.6. The summed E-state index contributed by atoms with van der Waals surface area (Å²) in [4.78, 5) is 0. The van der Waals surface area contributed by atoms with E-state index in [1.54, 1.807) is 0 Å². The molecule has 1 atom stereocenters. The molecule has 1 N–H and O–H groups in total. The Kier molecular flexibility index (Phi) is 2.75. The van der Waals surface area contributed by atoms with Crippen molar-refractivity contribution in [3.63, 3.8) is 0 Å². The van der Waals surface area contributed by atoms with Crippen LogP contribution in [-0.4, -0.2) is 30.9 Å². The fourth-order valence-corrected chi connectivity index (χ4v) is 2.84. The molecule has 0 spiro atoms. The van der Waals surface area contributed by atoms with Gasteiger partial charge in [0, 0.05) is 12.0 Å². The number of fused-ring (bicyclic) bond motifs is 2. The molecule has 1 aliphatic rings. The van der Waals surface area contributed by atoms with Crippen molar-refractivity contribution in [2.45, 2.75) is 31.9 Å². The number of nitrogens with zero attached hydrogens (tertiary/aromatic N) is 5. The van der Waals surface area contributed by atoms with Crippen molar-refractivity contribution >= 4 is 11.5 Å². The highest BCUT2D eigenvalue weighted by atomic mass is 16.5. The molecule has 7 heteroatoms. The van der Waals surface area contributed by atoms with Gasteiger partial charge in [-0.15, -0.1) is 14.8 Å². The van der Waals surface area contributed by atoms with Crippen LogP contribution in [0.2, 0.25) is 0 Å². The Hall–Kier alpha value is -2.70. The van der Waals surface area contributed by atoms with Crippen molar-refractivity contribution in [2.75, 3.05) is 5.32 Å². The summed E-state index contributed by atoms with van der Waals surface area (Å²) in [6.07, 6.45) is 0.847. The lowest BCUT2D eigenvalue weighted by atomic mass is 9.90. The van der Waals surface area contributed by atoms with Crippen molar-refractivity contribution in [2.24, 2.45) is 0 Å². The van der Waals surface area contributed by atoms with Gasteiger partial charge in [0.15, 0.2) is 5.65 Å². The Bertz CT molecular complexity index is 828. The smallest absolute Gasteiger partial charge is 0.200 e. The summed E-state index contributed by atoms with van der Waals surface area (Å²) < 4.78 is 7.46. The summed E-state index contributed by atoms with van der Waals surface area (Å²) in [5, 5.41) is 19.1. The SMILES string of the molecule is CC1(C)CC(Nc2ccc3nnnn3n2)c2ccccc2O1. The first kappa shape index (κ1) is 13.0. The third-order valence-electron chi connectivity index (χ3n) is 3.77. The molecule has 1 aliphatic heterocycles. The molecule has 1 unspecified atom stereocenters. The van der Waals surface area contributed by atoms with Gasteiger partial charge in [-0.3, -0.25) is 0 Å². The highest BCUT2D eigenvalue weighted by molar-refractivity contribution is 5.47. The molecule has 22 heavy (non-hydrogen) atoms. The van der Waals surface area contributed by atoms with Crippen molar-refractivity contribution in [1.82, 2.24) is 25.3 Å². The molecule has 112 valence electrons. The van der Waals surface area contributed by atoms with Crippen LogP contribution in [0.3, 0.4) is 0 Å². The molecule has 1 aromatic carbocycles. The number of hydrogen-bond acceptors (Lipinski definition) is 6. The summed E-state index contributed by atoms with van der Waals surface area (Å²) in [6, 6.07) is 11.9. The fraction of sp³-hybridized carbons (Fsp3) is 0.333. The number of tetrazole rings is 1. The second kappa shape index (κ2) is 4.66. The minimum atomic E-state index is -0.231.